The van der Waals surface area contributed by atoms with Crippen LogP contribution in [0.5, 0.6) is 0 Å². The Morgan fingerprint density at radius 1 is 1.18 bits per heavy atom. The number of rotatable bonds is 14. The zero-order chi connectivity index (χ0) is 29.7. The van der Waals surface area contributed by atoms with E-state index in [4.69, 9.17) is 4.74 Å². The molecule has 15 heteroatoms. The number of nitrogens with zero attached hydrogens (tertiary/aromatic N) is 4. The summed E-state index contributed by atoms with van der Waals surface area (Å²) in [7, 11) is -4.20. The number of halogens is 2. The summed E-state index contributed by atoms with van der Waals surface area (Å²) in [6.45, 7) is 8.00. The van der Waals surface area contributed by atoms with Crippen molar-refractivity contribution in [3.8, 4) is 0 Å². The van der Waals surface area contributed by atoms with Gasteiger partial charge in [-0.25, -0.2) is 13.2 Å². The van der Waals surface area contributed by atoms with Crippen LogP contribution in [0.2, 0.25) is 25.7 Å². The van der Waals surface area contributed by atoms with E-state index < -0.39 is 29.1 Å². The lowest BCUT2D eigenvalue weighted by molar-refractivity contribution is 0.0780. The predicted octanol–water partition coefficient (Wildman–Crippen LogP) is 4.71. The summed E-state index contributed by atoms with van der Waals surface area (Å²) in [5, 5.41) is 2.83. The van der Waals surface area contributed by atoms with E-state index in [1.165, 1.54) is 20.3 Å². The standard InChI is InChI=1S/C25H35Br2N5O5S2Si/c1-30(2)39(35,36)32-19(17-29-25(32)38(34)20-11-7-6-8-12-20)10-9-13-28-24(33)22-16-21(26)23(27)31(22)18-37-14-15-40(3,4)5/h6-8,11-12,16-17H,9-10,13-15,18H2,1-5H3,(H,28,33). The molecule has 0 radical (unpaired) electrons. The highest BCUT2D eigenvalue weighted by atomic mass is 79.9. The van der Waals surface area contributed by atoms with Crippen LogP contribution < -0.4 is 5.32 Å². The van der Waals surface area contributed by atoms with Crippen molar-refractivity contribution in [1.82, 2.24) is 23.1 Å². The third-order valence-corrected chi connectivity index (χ3v) is 12.8. The van der Waals surface area contributed by atoms with E-state index in [1.807, 2.05) is 0 Å². The Bertz CT molecular complexity index is 1450. The molecule has 1 N–H and O–H groups in total. The Labute approximate surface area is 256 Å². The SMILES string of the molecule is CN(C)S(=O)(=O)n1c(CCCNC(=O)c2cc(Br)c(Br)n2COCC[Si](C)(C)C)cnc1S(=O)c1ccccc1. The fourth-order valence-corrected chi connectivity index (χ4v) is 7.73. The van der Waals surface area contributed by atoms with Crippen molar-refractivity contribution in [1.29, 1.82) is 0 Å². The number of hydrogen-bond acceptors (Lipinski definition) is 6. The molecule has 0 aliphatic heterocycles. The highest BCUT2D eigenvalue weighted by Gasteiger charge is 2.28. The van der Waals surface area contributed by atoms with Gasteiger partial charge < -0.3 is 14.6 Å². The minimum absolute atomic E-state index is 0.0689. The second-order valence-corrected chi connectivity index (χ2v) is 21.1. The van der Waals surface area contributed by atoms with Crippen molar-refractivity contribution >= 4 is 66.8 Å². The monoisotopic (exact) mass is 735 g/mol. The van der Waals surface area contributed by atoms with Gasteiger partial charge in [0.25, 0.3) is 5.91 Å². The largest absolute Gasteiger partial charge is 0.361 e. The summed E-state index contributed by atoms with van der Waals surface area (Å²) in [5.41, 5.74) is 0.819. The van der Waals surface area contributed by atoms with Gasteiger partial charge in [0.05, 0.1) is 16.4 Å². The lowest BCUT2D eigenvalue weighted by Gasteiger charge is -2.17. The molecule has 0 aliphatic rings. The first-order valence-corrected chi connectivity index (χ1v) is 20.4. The van der Waals surface area contributed by atoms with Crippen LogP contribution in [0.4, 0.5) is 0 Å². The maximum atomic E-state index is 13.2. The molecule has 0 bridgehead atoms. The number of aromatic nitrogens is 3. The second kappa shape index (κ2) is 14.0. The predicted molar refractivity (Wildman–Crippen MR) is 166 cm³/mol. The van der Waals surface area contributed by atoms with Crippen LogP contribution in [0, 0.1) is 0 Å². The molecule has 3 rings (SSSR count). The Kier molecular flexibility index (Phi) is 11.5. The number of nitrogens with one attached hydrogen (secondary N) is 1. The van der Waals surface area contributed by atoms with Gasteiger partial charge in [0.1, 0.15) is 27.8 Å². The van der Waals surface area contributed by atoms with Crippen LogP contribution in [-0.4, -0.2) is 71.7 Å². The lowest BCUT2D eigenvalue weighted by Crippen LogP contribution is -2.32. The molecule has 220 valence electrons. The third-order valence-electron chi connectivity index (χ3n) is 5.91. The number of ether oxygens (including phenoxy) is 1. The lowest BCUT2D eigenvalue weighted by atomic mass is 10.2. The van der Waals surface area contributed by atoms with Crippen LogP contribution in [0.25, 0.3) is 0 Å². The van der Waals surface area contributed by atoms with Crippen LogP contribution in [-0.2, 0) is 38.9 Å². The molecule has 0 aliphatic carbocycles. The minimum atomic E-state index is -3.99. The highest BCUT2D eigenvalue weighted by molar-refractivity contribution is 9.13. The number of aryl methyl sites for hydroxylation is 1. The third kappa shape index (κ3) is 8.23. The molecular weight excluding hydrogens is 702 g/mol. The summed E-state index contributed by atoms with van der Waals surface area (Å²) >= 11 is 6.98. The van der Waals surface area contributed by atoms with Crippen molar-refractivity contribution < 1.29 is 22.2 Å². The maximum absolute atomic E-state index is 13.2. The Morgan fingerprint density at radius 2 is 1.85 bits per heavy atom. The molecule has 2 aromatic heterocycles. The Morgan fingerprint density at radius 3 is 2.48 bits per heavy atom. The Balaban J connectivity index is 1.69. The first-order valence-electron chi connectivity index (χ1n) is 12.6. The zero-order valence-electron chi connectivity index (χ0n) is 23.2. The van der Waals surface area contributed by atoms with E-state index in [1.54, 1.807) is 41.0 Å². The van der Waals surface area contributed by atoms with Gasteiger partial charge in [0, 0.05) is 40.2 Å². The van der Waals surface area contributed by atoms with Crippen molar-refractivity contribution in [3.05, 3.63) is 63.1 Å². The normalized spacial score (nSPS) is 13.1. The summed E-state index contributed by atoms with van der Waals surface area (Å²) in [5.74, 6) is -0.277. The minimum Gasteiger partial charge on any atom is -0.361 e. The van der Waals surface area contributed by atoms with Gasteiger partial charge in [-0.2, -0.15) is 12.7 Å². The molecule has 40 heavy (non-hydrogen) atoms. The molecular formula is C25H35Br2N5O5S2Si. The fraction of sp³-hybridized carbons (Fsp3) is 0.440. The quantitative estimate of drug-likeness (QED) is 0.190. The number of carbonyl (C=O) groups is 1. The molecule has 1 atom stereocenters. The van der Waals surface area contributed by atoms with E-state index in [0.717, 1.165) is 18.8 Å². The number of imidazole rings is 1. The molecule has 2 heterocycles. The van der Waals surface area contributed by atoms with Gasteiger partial charge in [-0.1, -0.05) is 37.8 Å². The number of amides is 1. The average molecular weight is 738 g/mol. The van der Waals surface area contributed by atoms with E-state index >= 15 is 0 Å². The van der Waals surface area contributed by atoms with Gasteiger partial charge in [0.15, 0.2) is 0 Å². The smallest absolute Gasteiger partial charge is 0.309 e. The van der Waals surface area contributed by atoms with E-state index in [2.05, 4.69) is 61.8 Å². The van der Waals surface area contributed by atoms with Crippen LogP contribution in [0.3, 0.4) is 0 Å². The summed E-state index contributed by atoms with van der Waals surface area (Å²) in [4.78, 5) is 17.7. The van der Waals surface area contributed by atoms with Crippen molar-refractivity contribution in [2.45, 2.75) is 55.3 Å². The first kappa shape index (κ1) is 32.9. The topological polar surface area (TPSA) is 116 Å². The summed E-state index contributed by atoms with van der Waals surface area (Å²) < 4.78 is 50.7. The van der Waals surface area contributed by atoms with Gasteiger partial charge in [0.2, 0.25) is 5.16 Å². The maximum Gasteiger partial charge on any atom is 0.309 e. The van der Waals surface area contributed by atoms with Gasteiger partial charge in [-0.3, -0.25) is 4.79 Å². The molecule has 10 nitrogen and oxygen atoms in total. The van der Waals surface area contributed by atoms with E-state index in [0.29, 0.717) is 46.9 Å². The molecule has 1 amide bonds. The Hall–Kier alpha value is -1.62. The first-order chi connectivity index (χ1) is 18.7. The number of hydrogen-bond donors (Lipinski definition) is 1. The molecule has 1 unspecified atom stereocenters. The summed E-state index contributed by atoms with van der Waals surface area (Å²) in [6.07, 6.45) is 2.16. The van der Waals surface area contributed by atoms with Gasteiger partial charge >= 0.3 is 10.2 Å². The molecule has 1 aromatic carbocycles. The van der Waals surface area contributed by atoms with Gasteiger partial charge in [-0.05, 0) is 68.9 Å². The van der Waals surface area contributed by atoms with Crippen molar-refractivity contribution in [3.63, 3.8) is 0 Å². The number of carbonyl (C=O) groups excluding carboxylic acids is 1. The second-order valence-electron chi connectivity index (χ2n) is 10.5. The van der Waals surface area contributed by atoms with E-state index in [-0.39, 0.29) is 17.8 Å². The van der Waals surface area contributed by atoms with E-state index in [9.17, 15) is 17.4 Å². The highest BCUT2D eigenvalue weighted by Crippen LogP contribution is 2.28. The van der Waals surface area contributed by atoms with Gasteiger partial charge in [-0.15, -0.1) is 0 Å². The van der Waals surface area contributed by atoms with Crippen molar-refractivity contribution in [2.24, 2.45) is 0 Å². The molecule has 0 fully saturated rings. The molecule has 0 saturated heterocycles. The summed E-state index contributed by atoms with van der Waals surface area (Å²) in [6, 6.07) is 11.3. The van der Waals surface area contributed by atoms with Crippen LogP contribution in [0.15, 0.2) is 61.7 Å². The number of benzene rings is 1. The average Bonchev–Trinajstić information content (AvgIpc) is 3.45. The molecule has 3 aromatic rings. The molecule has 0 spiro atoms. The van der Waals surface area contributed by atoms with Crippen molar-refractivity contribution in [2.75, 3.05) is 27.2 Å². The van der Waals surface area contributed by atoms with Crippen LogP contribution >= 0.6 is 31.9 Å². The zero-order valence-corrected chi connectivity index (χ0v) is 29.0. The van der Waals surface area contributed by atoms with Crippen LogP contribution in [0.1, 0.15) is 22.6 Å². The fourth-order valence-electron chi connectivity index (χ4n) is 3.61. The molecule has 0 saturated carbocycles.